The van der Waals surface area contributed by atoms with Crippen molar-refractivity contribution in [2.24, 2.45) is 5.10 Å². The van der Waals surface area contributed by atoms with Crippen LogP contribution in [-0.4, -0.2) is 17.8 Å². The zero-order chi connectivity index (χ0) is 21.6. The molecular weight excluding hydrogens is 384 g/mol. The number of hydrazone groups is 1. The monoisotopic (exact) mass is 412 g/mol. The van der Waals surface area contributed by atoms with Crippen LogP contribution >= 0.6 is 0 Å². The Morgan fingerprint density at radius 3 is 2.39 bits per heavy atom. The lowest BCUT2D eigenvalue weighted by Crippen LogP contribution is -2.33. The first kappa shape index (κ1) is 19.7. The zero-order valence-corrected chi connectivity index (χ0v) is 18.5. The van der Waals surface area contributed by atoms with E-state index in [1.807, 2.05) is 18.2 Å². The molecule has 2 heterocycles. The summed E-state index contributed by atoms with van der Waals surface area (Å²) in [6, 6.07) is 25.3. The molecule has 0 unspecified atom stereocenters. The number of hydrogen-bond donors (Lipinski definition) is 0. The van der Waals surface area contributed by atoms with Gasteiger partial charge in [0.25, 0.3) is 0 Å². The minimum absolute atomic E-state index is 0.112. The molecular formula is C27H28N2O2. The molecule has 0 saturated heterocycles. The molecule has 158 valence electrons. The lowest BCUT2D eigenvalue weighted by atomic mass is 9.86. The number of fused-ring (bicyclic) bond motifs is 3. The second-order valence-electron chi connectivity index (χ2n) is 9.26. The standard InChI is InChI=1S/C27H28N2O2/c1-27(2,3)20-12-10-19(11-13-20)26-29-24(17-23(28-29)18-8-6-5-7-9-18)22-16-21(30-4)14-15-25(22)31-26/h5-16,24,26H,17H2,1-4H3/t24-,26-/m1/s1. The number of rotatable bonds is 3. The van der Waals surface area contributed by atoms with Crippen molar-refractivity contribution in [3.05, 3.63) is 95.1 Å². The van der Waals surface area contributed by atoms with Crippen molar-refractivity contribution in [1.82, 2.24) is 5.01 Å². The first-order valence-corrected chi connectivity index (χ1v) is 10.8. The molecule has 2 aliphatic heterocycles. The largest absolute Gasteiger partial charge is 0.497 e. The van der Waals surface area contributed by atoms with Crippen molar-refractivity contribution in [2.45, 2.75) is 44.9 Å². The maximum Gasteiger partial charge on any atom is 0.213 e. The van der Waals surface area contributed by atoms with Gasteiger partial charge in [-0.15, -0.1) is 0 Å². The molecule has 3 aromatic carbocycles. The van der Waals surface area contributed by atoms with Crippen LogP contribution in [0.1, 0.15) is 61.7 Å². The van der Waals surface area contributed by atoms with Gasteiger partial charge in [-0.05, 0) is 34.7 Å². The topological polar surface area (TPSA) is 34.1 Å². The molecule has 0 radical (unpaired) electrons. The molecule has 4 nitrogen and oxygen atoms in total. The Morgan fingerprint density at radius 2 is 1.71 bits per heavy atom. The fourth-order valence-corrected chi connectivity index (χ4v) is 4.37. The second-order valence-corrected chi connectivity index (χ2v) is 9.26. The Hall–Kier alpha value is -3.27. The summed E-state index contributed by atoms with van der Waals surface area (Å²) in [5.41, 5.74) is 5.89. The van der Waals surface area contributed by atoms with E-state index in [1.165, 1.54) is 5.56 Å². The van der Waals surface area contributed by atoms with Gasteiger partial charge in [-0.1, -0.05) is 75.4 Å². The van der Waals surface area contributed by atoms with E-state index in [-0.39, 0.29) is 17.7 Å². The van der Waals surface area contributed by atoms with Crippen molar-refractivity contribution in [3.63, 3.8) is 0 Å². The van der Waals surface area contributed by atoms with Gasteiger partial charge in [-0.2, -0.15) is 5.10 Å². The highest BCUT2D eigenvalue weighted by molar-refractivity contribution is 6.01. The first-order chi connectivity index (χ1) is 14.9. The minimum atomic E-state index is -0.263. The van der Waals surface area contributed by atoms with Gasteiger partial charge in [0, 0.05) is 17.5 Å². The van der Waals surface area contributed by atoms with Crippen LogP contribution in [0.15, 0.2) is 77.9 Å². The normalized spacial score (nSPS) is 19.9. The molecule has 3 aromatic rings. The quantitative estimate of drug-likeness (QED) is 0.511. The highest BCUT2D eigenvalue weighted by Crippen LogP contribution is 2.48. The lowest BCUT2D eigenvalue weighted by molar-refractivity contribution is -0.0191. The first-order valence-electron chi connectivity index (χ1n) is 10.8. The molecule has 4 heteroatoms. The van der Waals surface area contributed by atoms with E-state index in [0.29, 0.717) is 0 Å². The van der Waals surface area contributed by atoms with Crippen LogP contribution in [0.4, 0.5) is 0 Å². The van der Waals surface area contributed by atoms with Crippen LogP contribution in [0.25, 0.3) is 0 Å². The Labute approximate surface area is 184 Å². The molecule has 0 bridgehead atoms. The van der Waals surface area contributed by atoms with Crippen LogP contribution in [-0.2, 0) is 5.41 Å². The van der Waals surface area contributed by atoms with E-state index in [9.17, 15) is 0 Å². The van der Waals surface area contributed by atoms with Gasteiger partial charge in [0.1, 0.15) is 11.5 Å². The molecule has 0 aromatic heterocycles. The van der Waals surface area contributed by atoms with Gasteiger partial charge < -0.3 is 9.47 Å². The number of benzene rings is 3. The molecule has 0 amide bonds. The van der Waals surface area contributed by atoms with E-state index in [0.717, 1.165) is 40.3 Å². The van der Waals surface area contributed by atoms with E-state index in [4.69, 9.17) is 14.6 Å². The molecule has 31 heavy (non-hydrogen) atoms. The Kier molecular flexibility index (Phi) is 4.73. The summed E-state index contributed by atoms with van der Waals surface area (Å²) in [5, 5.41) is 7.17. The van der Waals surface area contributed by atoms with Crippen molar-refractivity contribution >= 4 is 5.71 Å². The van der Waals surface area contributed by atoms with Crippen molar-refractivity contribution in [1.29, 1.82) is 0 Å². The van der Waals surface area contributed by atoms with Gasteiger partial charge >= 0.3 is 0 Å². The Bertz CT molecular complexity index is 1110. The predicted octanol–water partition coefficient (Wildman–Crippen LogP) is 6.24. The molecule has 0 spiro atoms. The SMILES string of the molecule is COc1ccc2c(c1)[C@H]1CC(c3ccccc3)=NN1[C@@H](c1ccc(C(C)(C)C)cc1)O2. The van der Waals surface area contributed by atoms with Crippen LogP contribution in [0.5, 0.6) is 11.5 Å². The van der Waals surface area contributed by atoms with Gasteiger partial charge in [0.05, 0.1) is 18.9 Å². The third-order valence-corrected chi connectivity index (χ3v) is 6.17. The van der Waals surface area contributed by atoms with Crippen molar-refractivity contribution in [3.8, 4) is 11.5 Å². The Balaban J connectivity index is 1.57. The van der Waals surface area contributed by atoms with E-state index in [1.54, 1.807) is 7.11 Å². The maximum atomic E-state index is 6.50. The minimum Gasteiger partial charge on any atom is -0.497 e. The number of nitrogens with zero attached hydrogens (tertiary/aromatic N) is 2. The average molecular weight is 413 g/mol. The summed E-state index contributed by atoms with van der Waals surface area (Å²) in [5.74, 6) is 1.74. The van der Waals surface area contributed by atoms with Gasteiger partial charge in [-0.3, -0.25) is 0 Å². The van der Waals surface area contributed by atoms with E-state index < -0.39 is 0 Å². The summed E-state index contributed by atoms with van der Waals surface area (Å²) >= 11 is 0. The fourth-order valence-electron chi connectivity index (χ4n) is 4.37. The number of ether oxygens (including phenoxy) is 2. The van der Waals surface area contributed by atoms with Crippen molar-refractivity contribution in [2.75, 3.05) is 7.11 Å². The molecule has 2 aliphatic rings. The third kappa shape index (κ3) is 3.56. The predicted molar refractivity (Wildman–Crippen MR) is 124 cm³/mol. The molecule has 0 N–H and O–H groups in total. The molecule has 0 saturated carbocycles. The lowest BCUT2D eigenvalue weighted by Gasteiger charge is -2.38. The van der Waals surface area contributed by atoms with Crippen LogP contribution in [0.3, 0.4) is 0 Å². The highest BCUT2D eigenvalue weighted by Gasteiger charge is 2.41. The fraction of sp³-hybridized carbons (Fsp3) is 0.296. The third-order valence-electron chi connectivity index (χ3n) is 6.17. The smallest absolute Gasteiger partial charge is 0.213 e. The van der Waals surface area contributed by atoms with Crippen LogP contribution in [0, 0.1) is 0 Å². The van der Waals surface area contributed by atoms with Crippen LogP contribution < -0.4 is 9.47 Å². The second kappa shape index (κ2) is 7.45. The molecule has 0 fully saturated rings. The number of methoxy groups -OCH3 is 1. The maximum absolute atomic E-state index is 6.50. The van der Waals surface area contributed by atoms with Gasteiger partial charge in [0.2, 0.25) is 6.23 Å². The van der Waals surface area contributed by atoms with Gasteiger partial charge in [-0.25, -0.2) is 5.01 Å². The Morgan fingerprint density at radius 1 is 0.968 bits per heavy atom. The molecule has 0 aliphatic carbocycles. The van der Waals surface area contributed by atoms with Gasteiger partial charge in [0.15, 0.2) is 0 Å². The summed E-state index contributed by atoms with van der Waals surface area (Å²) in [4.78, 5) is 0. The van der Waals surface area contributed by atoms with E-state index >= 15 is 0 Å². The average Bonchev–Trinajstić information content (AvgIpc) is 3.24. The van der Waals surface area contributed by atoms with Crippen LogP contribution in [0.2, 0.25) is 0 Å². The summed E-state index contributed by atoms with van der Waals surface area (Å²) < 4.78 is 12.0. The summed E-state index contributed by atoms with van der Waals surface area (Å²) in [6.45, 7) is 6.70. The number of hydrogen-bond acceptors (Lipinski definition) is 4. The van der Waals surface area contributed by atoms with E-state index in [2.05, 4.69) is 80.4 Å². The molecule has 2 atom stereocenters. The highest BCUT2D eigenvalue weighted by atomic mass is 16.5. The van der Waals surface area contributed by atoms with Crippen molar-refractivity contribution < 1.29 is 9.47 Å². The zero-order valence-electron chi connectivity index (χ0n) is 18.5. The summed E-state index contributed by atoms with van der Waals surface area (Å²) in [6.07, 6.45) is 0.575. The molecule has 5 rings (SSSR count). The summed E-state index contributed by atoms with van der Waals surface area (Å²) in [7, 11) is 1.70.